The number of aliphatic hydroxyl groups excluding tert-OH is 1. The second-order valence-corrected chi connectivity index (χ2v) is 8.00. The van der Waals surface area contributed by atoms with E-state index in [1.54, 1.807) is 37.3 Å². The topological polar surface area (TPSA) is 89.0 Å². The number of aromatic nitrogens is 1. The van der Waals surface area contributed by atoms with Gasteiger partial charge in [0.2, 0.25) is 5.78 Å². The average Bonchev–Trinajstić information content (AvgIpc) is 3.20. The molecule has 1 atom stereocenters. The van der Waals surface area contributed by atoms with Gasteiger partial charge >= 0.3 is 0 Å². The third-order valence-corrected chi connectivity index (χ3v) is 5.83. The highest BCUT2D eigenvalue weighted by Crippen LogP contribution is 2.40. The Morgan fingerprint density at radius 3 is 2.60 bits per heavy atom. The Morgan fingerprint density at radius 1 is 1.33 bits per heavy atom. The number of aliphatic hydroxyl groups is 1. The molecule has 30 heavy (non-hydrogen) atoms. The Labute approximate surface area is 179 Å². The van der Waals surface area contributed by atoms with Crippen LogP contribution in [0, 0.1) is 13.8 Å². The highest BCUT2D eigenvalue weighted by molar-refractivity contribution is 7.14. The fourth-order valence-electron chi connectivity index (χ4n) is 3.42. The first-order chi connectivity index (χ1) is 14.4. The van der Waals surface area contributed by atoms with Crippen LogP contribution in [0.4, 0.5) is 0 Å². The number of Topliss-reactive ketones (excluding diaryl/α,β-unsaturated/α-hetero) is 1. The Bertz CT molecular complexity index is 993. The van der Waals surface area contributed by atoms with Gasteiger partial charge in [-0.05, 0) is 31.5 Å². The van der Waals surface area contributed by atoms with E-state index >= 15 is 0 Å². The Balaban J connectivity index is 2.03. The number of carbonyl (C=O) groups is 2. The molecule has 0 spiro atoms. The molecular weight excluding hydrogens is 404 g/mol. The summed E-state index contributed by atoms with van der Waals surface area (Å²) in [6.07, 6.45) is 1.65. The van der Waals surface area contributed by atoms with Crippen molar-refractivity contribution in [3.63, 3.8) is 0 Å². The van der Waals surface area contributed by atoms with E-state index in [2.05, 4.69) is 11.6 Å². The Morgan fingerprint density at radius 2 is 2.03 bits per heavy atom. The first kappa shape index (κ1) is 21.7. The summed E-state index contributed by atoms with van der Waals surface area (Å²) >= 11 is 1.25. The number of ether oxygens (including phenoxy) is 2. The van der Waals surface area contributed by atoms with Crippen LogP contribution in [0.25, 0.3) is 0 Å². The summed E-state index contributed by atoms with van der Waals surface area (Å²) in [5, 5.41) is 11.4. The largest absolute Gasteiger partial charge is 0.503 e. The summed E-state index contributed by atoms with van der Waals surface area (Å²) in [6, 6.07) is 6.37. The number of nitrogens with zero attached hydrogens (tertiary/aromatic N) is 2. The van der Waals surface area contributed by atoms with Gasteiger partial charge in [0.25, 0.3) is 5.91 Å². The van der Waals surface area contributed by atoms with Crippen molar-refractivity contribution in [3.05, 3.63) is 69.4 Å². The zero-order valence-electron chi connectivity index (χ0n) is 17.2. The summed E-state index contributed by atoms with van der Waals surface area (Å²) in [6.45, 7) is 8.06. The minimum absolute atomic E-state index is 0.0580. The highest BCUT2D eigenvalue weighted by atomic mass is 32.1. The van der Waals surface area contributed by atoms with Gasteiger partial charge < -0.3 is 19.5 Å². The second-order valence-electron chi connectivity index (χ2n) is 6.80. The van der Waals surface area contributed by atoms with E-state index in [4.69, 9.17) is 9.47 Å². The second kappa shape index (κ2) is 9.23. The number of aryl methyl sites for hydroxylation is 2. The number of hydrogen-bond donors (Lipinski definition) is 1. The Kier molecular flexibility index (Phi) is 6.69. The van der Waals surface area contributed by atoms with Crippen LogP contribution in [0.2, 0.25) is 0 Å². The summed E-state index contributed by atoms with van der Waals surface area (Å²) in [4.78, 5) is 32.3. The Hall–Kier alpha value is -2.97. The minimum Gasteiger partial charge on any atom is -0.503 e. The lowest BCUT2D eigenvalue weighted by atomic mass is 9.95. The normalized spacial score (nSPS) is 16.3. The lowest BCUT2D eigenvalue weighted by Gasteiger charge is -2.26. The molecular formula is C22H24N2O5S. The minimum atomic E-state index is -0.726. The van der Waals surface area contributed by atoms with E-state index in [1.165, 1.54) is 23.3 Å². The number of methoxy groups -OCH3 is 1. The summed E-state index contributed by atoms with van der Waals surface area (Å²) in [5.41, 5.74) is 1.33. The number of amides is 1. The molecule has 0 fully saturated rings. The number of hydrogen-bond acceptors (Lipinski definition) is 7. The lowest BCUT2D eigenvalue weighted by Crippen LogP contribution is -2.34. The average molecular weight is 429 g/mol. The first-order valence-electron chi connectivity index (χ1n) is 9.44. The van der Waals surface area contributed by atoms with Gasteiger partial charge in [-0.3, -0.25) is 9.59 Å². The molecule has 7 nitrogen and oxygen atoms in total. The summed E-state index contributed by atoms with van der Waals surface area (Å²) in [5.74, 6) is -0.868. The van der Waals surface area contributed by atoms with Crippen LogP contribution >= 0.6 is 11.3 Å². The standard InChI is InChI=1S/C22H24N2O5S/c1-5-11-29-16-8-6-15(7-9-16)18-17(19(25)21-13(2)23-14(3)30-21)20(26)22(27)24(18)10-12-28-4/h5-9,18,26H,1,10-12H2,2-4H3. The van der Waals surface area contributed by atoms with Gasteiger partial charge in [0, 0.05) is 13.7 Å². The molecule has 158 valence electrons. The van der Waals surface area contributed by atoms with E-state index in [1.807, 2.05) is 6.92 Å². The molecule has 3 rings (SSSR count). The van der Waals surface area contributed by atoms with Crippen molar-refractivity contribution in [3.8, 4) is 5.75 Å². The predicted molar refractivity (Wildman–Crippen MR) is 114 cm³/mol. The third kappa shape index (κ3) is 4.15. The maximum Gasteiger partial charge on any atom is 0.290 e. The molecule has 1 aromatic carbocycles. The molecule has 0 saturated heterocycles. The number of carbonyl (C=O) groups excluding carboxylic acids is 2. The first-order valence-corrected chi connectivity index (χ1v) is 10.3. The highest BCUT2D eigenvalue weighted by Gasteiger charge is 2.44. The third-order valence-electron chi connectivity index (χ3n) is 4.76. The molecule has 0 radical (unpaired) electrons. The monoisotopic (exact) mass is 428 g/mol. The van der Waals surface area contributed by atoms with Gasteiger partial charge in [-0.2, -0.15) is 0 Å². The molecule has 2 heterocycles. The quantitative estimate of drug-likeness (QED) is 0.485. The molecule has 1 aliphatic heterocycles. The van der Waals surface area contributed by atoms with Crippen LogP contribution in [0.15, 0.2) is 48.3 Å². The van der Waals surface area contributed by atoms with Crippen LogP contribution in [0.3, 0.4) is 0 Å². The van der Waals surface area contributed by atoms with Crippen molar-refractivity contribution in [2.45, 2.75) is 19.9 Å². The number of ketones is 1. The van der Waals surface area contributed by atoms with Gasteiger partial charge in [0.1, 0.15) is 12.4 Å². The van der Waals surface area contributed by atoms with Crippen LogP contribution < -0.4 is 4.74 Å². The SMILES string of the molecule is C=CCOc1ccc(C2C(C(=O)c3sc(C)nc3C)=C(O)C(=O)N2CCOC)cc1. The molecule has 0 bridgehead atoms. The molecule has 1 N–H and O–H groups in total. The number of benzene rings is 1. The molecule has 1 aliphatic rings. The van der Waals surface area contributed by atoms with Crippen molar-refractivity contribution in [2.75, 3.05) is 26.9 Å². The zero-order chi connectivity index (χ0) is 21.8. The van der Waals surface area contributed by atoms with Crippen LogP contribution in [0.5, 0.6) is 5.75 Å². The van der Waals surface area contributed by atoms with Gasteiger partial charge in [-0.25, -0.2) is 4.98 Å². The molecule has 0 aliphatic carbocycles. The summed E-state index contributed by atoms with van der Waals surface area (Å²) < 4.78 is 10.6. The van der Waals surface area contributed by atoms with E-state index in [9.17, 15) is 14.7 Å². The van der Waals surface area contributed by atoms with E-state index in [0.717, 1.165) is 5.01 Å². The van der Waals surface area contributed by atoms with Gasteiger partial charge in [-0.1, -0.05) is 24.8 Å². The molecule has 1 unspecified atom stereocenters. The van der Waals surface area contributed by atoms with Crippen molar-refractivity contribution in [1.29, 1.82) is 0 Å². The van der Waals surface area contributed by atoms with Crippen LogP contribution in [0.1, 0.15) is 32.0 Å². The number of rotatable bonds is 9. The maximum absolute atomic E-state index is 13.4. The van der Waals surface area contributed by atoms with E-state index < -0.39 is 17.7 Å². The lowest BCUT2D eigenvalue weighted by molar-refractivity contribution is -0.130. The van der Waals surface area contributed by atoms with E-state index in [0.29, 0.717) is 28.5 Å². The van der Waals surface area contributed by atoms with Crippen molar-refractivity contribution < 1.29 is 24.2 Å². The van der Waals surface area contributed by atoms with Gasteiger partial charge in [-0.15, -0.1) is 11.3 Å². The van der Waals surface area contributed by atoms with Crippen molar-refractivity contribution in [1.82, 2.24) is 9.88 Å². The smallest absolute Gasteiger partial charge is 0.290 e. The molecule has 8 heteroatoms. The zero-order valence-corrected chi connectivity index (χ0v) is 18.0. The maximum atomic E-state index is 13.4. The number of thiazole rings is 1. The molecule has 0 saturated carbocycles. The van der Waals surface area contributed by atoms with E-state index in [-0.39, 0.29) is 24.5 Å². The van der Waals surface area contributed by atoms with Crippen molar-refractivity contribution in [2.24, 2.45) is 0 Å². The predicted octanol–water partition coefficient (Wildman–Crippen LogP) is 3.55. The van der Waals surface area contributed by atoms with Crippen LogP contribution in [-0.2, 0) is 9.53 Å². The van der Waals surface area contributed by atoms with Gasteiger partial charge in [0.05, 0.1) is 33.8 Å². The fourth-order valence-corrected chi connectivity index (χ4v) is 4.29. The van der Waals surface area contributed by atoms with Gasteiger partial charge in [0.15, 0.2) is 5.76 Å². The molecule has 1 aromatic heterocycles. The molecule has 1 amide bonds. The fraction of sp³-hybridized carbons (Fsp3) is 0.318. The molecule has 2 aromatic rings. The van der Waals surface area contributed by atoms with Crippen LogP contribution in [-0.4, -0.2) is 53.5 Å². The summed E-state index contributed by atoms with van der Waals surface area (Å²) in [7, 11) is 1.53. The van der Waals surface area contributed by atoms with Crippen molar-refractivity contribution >= 4 is 23.0 Å².